The summed E-state index contributed by atoms with van der Waals surface area (Å²) in [6.45, 7) is 6.69. The molecule has 2 aliphatic rings. The molecule has 0 bridgehead atoms. The Morgan fingerprint density at radius 1 is 1.34 bits per heavy atom. The molecule has 2 fully saturated rings. The molecule has 4 rings (SSSR count). The van der Waals surface area contributed by atoms with Crippen molar-refractivity contribution in [3.8, 4) is 0 Å². The number of benzene rings is 1. The first kappa shape index (κ1) is 20.0. The van der Waals surface area contributed by atoms with Crippen LogP contribution < -0.4 is 5.32 Å². The van der Waals surface area contributed by atoms with Crippen molar-refractivity contribution in [2.75, 3.05) is 26.3 Å². The highest BCUT2D eigenvalue weighted by molar-refractivity contribution is 5.81. The first-order chi connectivity index (χ1) is 14.0. The number of nitrogens with one attached hydrogen (secondary N) is 1. The fourth-order valence-corrected chi connectivity index (χ4v) is 3.97. The molecule has 3 heterocycles. The zero-order valence-corrected chi connectivity index (χ0v) is 16.6. The van der Waals surface area contributed by atoms with Gasteiger partial charge in [0.25, 0.3) is 0 Å². The summed E-state index contributed by atoms with van der Waals surface area (Å²) in [4.78, 5) is 14.9. The van der Waals surface area contributed by atoms with Crippen molar-refractivity contribution in [3.63, 3.8) is 0 Å². The second-order valence-electron chi connectivity index (χ2n) is 7.79. The molecule has 0 radical (unpaired) electrons. The van der Waals surface area contributed by atoms with Crippen LogP contribution >= 0.6 is 0 Å². The van der Waals surface area contributed by atoms with E-state index in [2.05, 4.69) is 28.4 Å². The number of hydrogen-bond acceptors (Lipinski definition) is 5. The molecule has 7 nitrogen and oxygen atoms in total. The number of halogens is 1. The monoisotopic (exact) mass is 402 g/mol. The number of morpholine rings is 1. The van der Waals surface area contributed by atoms with Crippen molar-refractivity contribution in [1.82, 2.24) is 20.0 Å². The van der Waals surface area contributed by atoms with E-state index < -0.39 is 11.7 Å². The summed E-state index contributed by atoms with van der Waals surface area (Å²) in [5, 5.41) is 7.21. The Balaban J connectivity index is 1.30. The van der Waals surface area contributed by atoms with Crippen LogP contribution in [0.15, 0.2) is 36.7 Å². The summed E-state index contributed by atoms with van der Waals surface area (Å²) < 4.78 is 26.8. The van der Waals surface area contributed by atoms with E-state index in [4.69, 9.17) is 9.47 Å². The number of nitrogens with zero attached hydrogens (tertiary/aromatic N) is 3. The maximum atomic E-state index is 13.0. The molecule has 1 amide bonds. The molecule has 2 aromatic rings. The lowest BCUT2D eigenvalue weighted by Gasteiger charge is -2.39. The van der Waals surface area contributed by atoms with Gasteiger partial charge in [-0.1, -0.05) is 12.1 Å². The van der Waals surface area contributed by atoms with Gasteiger partial charge in [0, 0.05) is 50.9 Å². The van der Waals surface area contributed by atoms with Gasteiger partial charge in [0.15, 0.2) is 0 Å². The average molecular weight is 402 g/mol. The van der Waals surface area contributed by atoms with E-state index >= 15 is 0 Å². The molecular formula is C21H27FN4O3. The van der Waals surface area contributed by atoms with Crippen LogP contribution in [0.1, 0.15) is 24.5 Å². The van der Waals surface area contributed by atoms with Crippen LogP contribution in [0.2, 0.25) is 0 Å². The summed E-state index contributed by atoms with van der Waals surface area (Å²) >= 11 is 0. The molecule has 29 heavy (non-hydrogen) atoms. The Bertz CT molecular complexity index is 841. The van der Waals surface area contributed by atoms with E-state index in [-0.39, 0.29) is 11.7 Å². The third-order valence-electron chi connectivity index (χ3n) is 5.52. The molecule has 1 aromatic heterocycles. The van der Waals surface area contributed by atoms with Gasteiger partial charge in [-0.2, -0.15) is 5.10 Å². The number of ether oxygens (including phenoxy) is 2. The summed E-state index contributed by atoms with van der Waals surface area (Å²) in [6, 6.07) is 6.10. The standard InChI is InChI=1S/C21H27FN4O3/c1-2-26-13-17(11-24-26)12-25-7-8-29-21(14-25)9-19(28-15-21)20(27)23-10-16-3-5-18(22)6-4-16/h3-6,11,13,19H,2,7-10,12,14-15H2,1H3,(H,23,27). The number of carbonyl (C=O) groups is 1. The Morgan fingerprint density at radius 2 is 2.17 bits per heavy atom. The molecule has 156 valence electrons. The van der Waals surface area contributed by atoms with E-state index in [9.17, 15) is 9.18 Å². The number of aryl methyl sites for hydroxylation is 1. The number of rotatable bonds is 6. The van der Waals surface area contributed by atoms with Crippen molar-refractivity contribution < 1.29 is 18.7 Å². The van der Waals surface area contributed by atoms with Gasteiger partial charge in [-0.15, -0.1) is 0 Å². The summed E-state index contributed by atoms with van der Waals surface area (Å²) in [6.07, 6.45) is 3.98. The minimum absolute atomic E-state index is 0.156. The van der Waals surface area contributed by atoms with Crippen LogP contribution in [-0.2, 0) is 33.9 Å². The van der Waals surface area contributed by atoms with Crippen molar-refractivity contribution in [1.29, 1.82) is 0 Å². The maximum absolute atomic E-state index is 13.0. The zero-order valence-electron chi connectivity index (χ0n) is 16.6. The second-order valence-corrected chi connectivity index (χ2v) is 7.79. The largest absolute Gasteiger partial charge is 0.370 e. The normalized spacial score (nSPS) is 24.8. The Labute approximate surface area is 169 Å². The molecule has 1 N–H and O–H groups in total. The van der Waals surface area contributed by atoms with Crippen LogP contribution in [-0.4, -0.2) is 58.6 Å². The molecular weight excluding hydrogens is 375 g/mol. The van der Waals surface area contributed by atoms with Gasteiger partial charge in [0.2, 0.25) is 5.91 Å². The third kappa shape index (κ3) is 4.83. The van der Waals surface area contributed by atoms with Crippen molar-refractivity contribution in [2.45, 2.75) is 44.7 Å². The second kappa shape index (κ2) is 8.61. The van der Waals surface area contributed by atoms with Gasteiger partial charge in [0.05, 0.1) is 19.4 Å². The number of carbonyl (C=O) groups excluding carboxylic acids is 1. The summed E-state index contributed by atoms with van der Waals surface area (Å²) in [5.74, 6) is -0.446. The Kier molecular flexibility index (Phi) is 5.94. The maximum Gasteiger partial charge on any atom is 0.249 e. The summed E-state index contributed by atoms with van der Waals surface area (Å²) in [5.41, 5.74) is 1.58. The van der Waals surface area contributed by atoms with Crippen molar-refractivity contribution in [2.24, 2.45) is 0 Å². The van der Waals surface area contributed by atoms with Crippen LogP contribution in [0.5, 0.6) is 0 Å². The lowest BCUT2D eigenvalue weighted by Crippen LogP contribution is -2.52. The predicted molar refractivity (Wildman–Crippen MR) is 104 cm³/mol. The number of hydrogen-bond donors (Lipinski definition) is 1. The predicted octanol–water partition coefficient (Wildman–Crippen LogP) is 1.72. The van der Waals surface area contributed by atoms with Crippen LogP contribution in [0, 0.1) is 5.82 Å². The SMILES string of the molecule is CCn1cc(CN2CCOC3(COC(C(=O)NCc4ccc(F)cc4)C3)C2)cn1. The molecule has 2 saturated heterocycles. The molecule has 1 spiro atoms. The van der Waals surface area contributed by atoms with Gasteiger partial charge in [-0.25, -0.2) is 4.39 Å². The van der Waals surface area contributed by atoms with Crippen molar-refractivity contribution >= 4 is 5.91 Å². The van der Waals surface area contributed by atoms with Gasteiger partial charge < -0.3 is 14.8 Å². The quantitative estimate of drug-likeness (QED) is 0.797. The van der Waals surface area contributed by atoms with E-state index in [1.165, 1.54) is 17.7 Å². The number of amides is 1. The molecule has 8 heteroatoms. The van der Waals surface area contributed by atoms with Gasteiger partial charge in [0.1, 0.15) is 17.5 Å². The smallest absolute Gasteiger partial charge is 0.249 e. The van der Waals surface area contributed by atoms with Gasteiger partial charge in [-0.05, 0) is 24.6 Å². The molecule has 0 saturated carbocycles. The zero-order chi connectivity index (χ0) is 20.3. The highest BCUT2D eigenvalue weighted by atomic mass is 19.1. The first-order valence-corrected chi connectivity index (χ1v) is 10.1. The van der Waals surface area contributed by atoms with Crippen LogP contribution in [0.3, 0.4) is 0 Å². The minimum atomic E-state index is -0.529. The van der Waals surface area contributed by atoms with Crippen molar-refractivity contribution in [3.05, 3.63) is 53.6 Å². The topological polar surface area (TPSA) is 68.6 Å². The fourth-order valence-electron chi connectivity index (χ4n) is 3.97. The highest BCUT2D eigenvalue weighted by Crippen LogP contribution is 2.32. The summed E-state index contributed by atoms with van der Waals surface area (Å²) in [7, 11) is 0. The van der Waals surface area contributed by atoms with Crippen LogP contribution in [0.25, 0.3) is 0 Å². The Morgan fingerprint density at radius 3 is 2.93 bits per heavy atom. The van der Waals surface area contributed by atoms with E-state index in [0.29, 0.717) is 26.2 Å². The number of aromatic nitrogens is 2. The third-order valence-corrected chi connectivity index (χ3v) is 5.52. The first-order valence-electron chi connectivity index (χ1n) is 10.1. The molecule has 0 aliphatic carbocycles. The molecule has 1 aromatic carbocycles. The lowest BCUT2D eigenvalue weighted by molar-refractivity contribution is -0.130. The Hall–Kier alpha value is -2.29. The molecule has 2 unspecified atom stereocenters. The van der Waals surface area contributed by atoms with E-state index in [0.717, 1.165) is 31.7 Å². The minimum Gasteiger partial charge on any atom is -0.370 e. The highest BCUT2D eigenvalue weighted by Gasteiger charge is 2.46. The van der Waals surface area contributed by atoms with E-state index in [1.54, 1.807) is 12.1 Å². The molecule has 2 atom stereocenters. The fraction of sp³-hybridized carbons (Fsp3) is 0.524. The van der Waals surface area contributed by atoms with E-state index in [1.807, 2.05) is 10.9 Å². The average Bonchev–Trinajstić information content (AvgIpc) is 3.35. The molecule has 2 aliphatic heterocycles. The van der Waals surface area contributed by atoms with Gasteiger partial charge >= 0.3 is 0 Å². The van der Waals surface area contributed by atoms with Crippen LogP contribution in [0.4, 0.5) is 4.39 Å². The lowest BCUT2D eigenvalue weighted by atomic mass is 9.97. The van der Waals surface area contributed by atoms with Gasteiger partial charge in [-0.3, -0.25) is 14.4 Å².